The number of nitrogens with zero attached hydrogens (tertiary/aromatic N) is 3. The van der Waals surface area contributed by atoms with Gasteiger partial charge < -0.3 is 50.1 Å². The zero-order valence-electron chi connectivity index (χ0n) is 34.4. The summed E-state index contributed by atoms with van der Waals surface area (Å²) in [6.45, 7) is 11.6. The minimum absolute atomic E-state index is 0.0292. The molecule has 58 heavy (non-hydrogen) atoms. The van der Waals surface area contributed by atoms with Crippen molar-refractivity contribution < 1.29 is 51.6 Å². The van der Waals surface area contributed by atoms with Crippen LogP contribution >= 0.6 is 0 Å². The van der Waals surface area contributed by atoms with Crippen molar-refractivity contribution in [2.75, 3.05) is 59.5 Å². The average molecular weight is 824 g/mol. The second kappa shape index (κ2) is 27.5. The lowest BCUT2D eigenvalue weighted by molar-refractivity contribution is -0.146. The van der Waals surface area contributed by atoms with Gasteiger partial charge in [0.2, 0.25) is 11.9 Å². The number of halogens is 3. The number of aliphatic imine (C=N–C) groups is 3. The number of nitrogens with one attached hydrogen (secondary N) is 4. The highest BCUT2D eigenvalue weighted by molar-refractivity contribution is 6.05. The molecule has 0 radical (unpaired) electrons. The Morgan fingerprint density at radius 2 is 1.67 bits per heavy atom. The van der Waals surface area contributed by atoms with Gasteiger partial charge in [-0.1, -0.05) is 12.1 Å². The fourth-order valence-electron chi connectivity index (χ4n) is 5.30. The monoisotopic (exact) mass is 823 g/mol. The Morgan fingerprint density at radius 3 is 2.26 bits per heavy atom. The van der Waals surface area contributed by atoms with Gasteiger partial charge in [-0.05, 0) is 109 Å². The first-order valence-electron chi connectivity index (χ1n) is 18.8. The number of hydrogen-bond acceptors (Lipinski definition) is 14. The maximum atomic E-state index is 14.0. The number of fused-ring (bicyclic) bond motifs is 12. The molecular weight excluding hydrogens is 763 g/mol. The number of aliphatic hydroxyl groups excluding tert-OH is 1. The molecule has 15 nitrogen and oxygen atoms in total. The van der Waals surface area contributed by atoms with Gasteiger partial charge >= 0.3 is 12.1 Å². The molecule has 324 valence electrons. The van der Waals surface area contributed by atoms with E-state index < -0.39 is 42.2 Å². The van der Waals surface area contributed by atoms with Crippen LogP contribution in [0.25, 0.3) is 0 Å². The van der Waals surface area contributed by atoms with Crippen LogP contribution in [0.1, 0.15) is 75.2 Å². The summed E-state index contributed by atoms with van der Waals surface area (Å²) < 4.78 is 62.7. The van der Waals surface area contributed by atoms with Crippen LogP contribution in [0, 0.1) is 5.92 Å². The van der Waals surface area contributed by atoms with E-state index >= 15 is 0 Å². The summed E-state index contributed by atoms with van der Waals surface area (Å²) in [6, 6.07) is 10.7. The number of methoxy groups -OCH3 is 1. The fraction of sp³-hybridized carbons (Fsp3) is 0.550. The molecule has 4 bridgehead atoms. The first kappa shape index (κ1) is 50.9. The van der Waals surface area contributed by atoms with Crippen LogP contribution in [0.5, 0.6) is 11.5 Å². The van der Waals surface area contributed by atoms with E-state index in [-0.39, 0.29) is 43.0 Å². The van der Waals surface area contributed by atoms with E-state index in [1.165, 1.54) is 13.2 Å². The van der Waals surface area contributed by atoms with Gasteiger partial charge in [0.25, 0.3) is 5.91 Å². The molecule has 2 aromatic carbocycles. The molecule has 0 saturated carbocycles. The van der Waals surface area contributed by atoms with Gasteiger partial charge in [0.15, 0.2) is 0 Å². The smallest absolute Gasteiger partial charge is 0.405 e. The van der Waals surface area contributed by atoms with Gasteiger partial charge in [-0.3, -0.25) is 4.79 Å². The number of aliphatic hydroxyl groups is 1. The van der Waals surface area contributed by atoms with E-state index in [9.17, 15) is 22.8 Å². The van der Waals surface area contributed by atoms with Gasteiger partial charge in [0.1, 0.15) is 30.9 Å². The molecule has 0 saturated heterocycles. The highest BCUT2D eigenvalue weighted by atomic mass is 19.4. The topological polar surface area (TPSA) is 194 Å². The number of ether oxygens (including phenoxy) is 4. The van der Waals surface area contributed by atoms with Crippen LogP contribution in [0.2, 0.25) is 0 Å². The Morgan fingerprint density at radius 1 is 1.02 bits per heavy atom. The molecule has 5 N–H and O–H groups in total. The van der Waals surface area contributed by atoms with Crippen LogP contribution in [-0.2, 0) is 25.6 Å². The van der Waals surface area contributed by atoms with Gasteiger partial charge in [0, 0.05) is 24.8 Å². The van der Waals surface area contributed by atoms with Crippen LogP contribution in [0.4, 0.5) is 18.9 Å². The van der Waals surface area contributed by atoms with Crippen molar-refractivity contribution in [3.8, 4) is 11.5 Å². The normalized spacial score (nSPS) is 15.8. The Kier molecular flexibility index (Phi) is 24.2. The SMILES string of the molecule is C=N/C1=N\C(NCC(F)(F)F)=NCc2ccc(cc2)OCCCCCCOc2cc(ccc2C(=O)NC(C(=O)OC)C(CCCNC)COC(C)(C)C)N1.C=O.CO. The summed E-state index contributed by atoms with van der Waals surface area (Å²) in [5.41, 5.74) is 0.754. The molecule has 2 unspecified atom stereocenters. The van der Waals surface area contributed by atoms with Crippen molar-refractivity contribution in [1.82, 2.24) is 16.0 Å². The number of rotatable bonds is 11. The van der Waals surface area contributed by atoms with Gasteiger partial charge in [0.05, 0.1) is 44.6 Å². The number of amides is 1. The van der Waals surface area contributed by atoms with Crippen molar-refractivity contribution in [3.05, 3.63) is 53.6 Å². The molecule has 0 spiro atoms. The van der Waals surface area contributed by atoms with E-state index in [2.05, 4.69) is 43.0 Å². The lowest BCUT2D eigenvalue weighted by atomic mass is 9.94. The molecule has 2 heterocycles. The number of benzene rings is 2. The predicted octanol–water partition coefficient (Wildman–Crippen LogP) is 5.32. The Labute approximate surface area is 339 Å². The second-order valence-electron chi connectivity index (χ2n) is 13.7. The van der Waals surface area contributed by atoms with Crippen molar-refractivity contribution in [3.63, 3.8) is 0 Å². The number of hydrogen-bond donors (Lipinski definition) is 5. The zero-order valence-corrected chi connectivity index (χ0v) is 34.4. The Balaban J connectivity index is 0.00000407. The summed E-state index contributed by atoms with van der Waals surface area (Å²) in [7, 11) is 4.10. The first-order valence-corrected chi connectivity index (χ1v) is 18.8. The van der Waals surface area contributed by atoms with Gasteiger partial charge in [-0.2, -0.15) is 18.2 Å². The van der Waals surface area contributed by atoms with E-state index in [1.807, 2.05) is 34.6 Å². The number of guanidine groups is 2. The van der Waals surface area contributed by atoms with E-state index in [4.69, 9.17) is 28.8 Å². The summed E-state index contributed by atoms with van der Waals surface area (Å²) in [5.74, 6) is -1.20. The third kappa shape index (κ3) is 20.4. The van der Waals surface area contributed by atoms with E-state index in [0.717, 1.165) is 38.4 Å². The molecule has 18 heteroatoms. The van der Waals surface area contributed by atoms with E-state index in [0.29, 0.717) is 37.4 Å². The summed E-state index contributed by atoms with van der Waals surface area (Å²) in [4.78, 5) is 47.4. The summed E-state index contributed by atoms with van der Waals surface area (Å²) in [6.07, 6.45) is -0.0139. The molecule has 1 amide bonds. The number of esters is 1. The molecule has 0 aromatic heterocycles. The third-order valence-corrected chi connectivity index (χ3v) is 8.14. The van der Waals surface area contributed by atoms with Crippen LogP contribution in [0.3, 0.4) is 0 Å². The van der Waals surface area contributed by atoms with Gasteiger partial charge in [-0.25, -0.2) is 14.8 Å². The standard InChI is InChI=1S/C38H54F3N7O6.CH4O.CH2O/c1-37(2,3)54-24-27(12-11-19-42-4)32(34(50)51-6)47-33(49)30-18-15-28-22-31(30)53-21-10-8-7-9-20-52-29-16-13-26(14-17-29)23-44-36(45-25-38(39,40)41)48-35(43-5)46-28;2*1-2/h13-18,22,27,32,42H,5,7-12,19-21,23-25H2,1-4,6H3,(H,47,49)(H2,44,45,46,48);2H,1H3;1H2. The van der Waals surface area contributed by atoms with Crippen molar-refractivity contribution in [1.29, 1.82) is 0 Å². The van der Waals surface area contributed by atoms with Crippen molar-refractivity contribution >= 4 is 43.0 Å². The first-order chi connectivity index (χ1) is 27.7. The maximum Gasteiger partial charge on any atom is 0.405 e. The summed E-state index contributed by atoms with van der Waals surface area (Å²) in [5, 5.41) is 18.1. The lowest BCUT2D eigenvalue weighted by Crippen LogP contribution is -2.48. The van der Waals surface area contributed by atoms with E-state index in [1.54, 1.807) is 36.4 Å². The lowest BCUT2D eigenvalue weighted by Gasteiger charge is -2.29. The highest BCUT2D eigenvalue weighted by Gasteiger charge is 2.33. The molecule has 0 aliphatic carbocycles. The zero-order chi connectivity index (χ0) is 43.6. The summed E-state index contributed by atoms with van der Waals surface area (Å²) >= 11 is 0. The molecular formula is C40H60F3N7O8. The van der Waals surface area contributed by atoms with Crippen molar-refractivity contribution in [2.24, 2.45) is 20.9 Å². The van der Waals surface area contributed by atoms with Crippen LogP contribution < -0.4 is 30.7 Å². The predicted molar refractivity (Wildman–Crippen MR) is 219 cm³/mol. The Bertz CT molecular complexity index is 1590. The number of carbonyl (C=O) groups excluding carboxylic acids is 3. The van der Waals surface area contributed by atoms with Crippen LogP contribution in [-0.4, -0.2) is 114 Å². The third-order valence-electron chi connectivity index (χ3n) is 8.14. The molecule has 2 atom stereocenters. The molecule has 0 fully saturated rings. The molecule has 2 aliphatic heterocycles. The molecule has 2 aliphatic rings. The van der Waals surface area contributed by atoms with Crippen LogP contribution in [0.15, 0.2) is 57.4 Å². The number of carbonyl (C=O) groups is 3. The largest absolute Gasteiger partial charge is 0.494 e. The second-order valence-corrected chi connectivity index (χ2v) is 13.7. The number of anilines is 1. The minimum Gasteiger partial charge on any atom is -0.494 e. The van der Waals surface area contributed by atoms with Gasteiger partial charge in [-0.15, -0.1) is 0 Å². The Hall–Kier alpha value is -5.07. The van der Waals surface area contributed by atoms with Crippen molar-refractivity contribution in [2.45, 2.75) is 83.7 Å². The maximum absolute atomic E-state index is 14.0. The average Bonchev–Trinajstić information content (AvgIpc) is 3.20. The molecule has 4 rings (SSSR count). The quantitative estimate of drug-likeness (QED) is 0.112. The molecule has 2 aromatic rings. The fourth-order valence-corrected chi connectivity index (χ4v) is 5.30. The number of alkyl halides is 3. The highest BCUT2D eigenvalue weighted by Crippen LogP contribution is 2.26. The minimum atomic E-state index is -4.53.